The number of nitrogens with one attached hydrogen (secondary N) is 1. The second-order valence-corrected chi connectivity index (χ2v) is 7.89. The van der Waals surface area contributed by atoms with Gasteiger partial charge in [-0.25, -0.2) is 17.8 Å². The first-order valence-corrected chi connectivity index (χ1v) is 9.87. The molecule has 6 nitrogen and oxygen atoms in total. The van der Waals surface area contributed by atoms with E-state index in [9.17, 15) is 8.42 Å². The number of benzene rings is 1. The molecule has 1 aliphatic carbocycles. The molecule has 1 N–H and O–H groups in total. The Bertz CT molecular complexity index is 785. The third-order valence-corrected chi connectivity index (χ3v) is 5.65. The van der Waals surface area contributed by atoms with Crippen LogP contribution in [0.4, 0.5) is 0 Å². The van der Waals surface area contributed by atoms with Gasteiger partial charge in [0.1, 0.15) is 0 Å². The molecule has 7 heteroatoms. The van der Waals surface area contributed by atoms with Gasteiger partial charge in [0.05, 0.1) is 23.7 Å². The highest BCUT2D eigenvalue weighted by Crippen LogP contribution is 2.27. The van der Waals surface area contributed by atoms with Crippen LogP contribution < -0.4 is 4.72 Å². The van der Waals surface area contributed by atoms with Crippen LogP contribution in [0.5, 0.6) is 0 Å². The summed E-state index contributed by atoms with van der Waals surface area (Å²) in [5.41, 5.74) is 4.25. The molecule has 0 saturated carbocycles. The lowest BCUT2D eigenvalue weighted by atomic mass is 10.2. The SMILES string of the molecule is COCCCS(=O)(=O)NCc1nn(-c2ccccc2)c2c1CCC2. The largest absolute Gasteiger partial charge is 0.385 e. The van der Waals surface area contributed by atoms with Crippen LogP contribution in [0.3, 0.4) is 0 Å². The van der Waals surface area contributed by atoms with E-state index in [-0.39, 0.29) is 12.3 Å². The Labute approximate surface area is 142 Å². The number of methoxy groups -OCH3 is 1. The van der Waals surface area contributed by atoms with E-state index in [1.165, 1.54) is 11.3 Å². The molecule has 1 aromatic carbocycles. The van der Waals surface area contributed by atoms with Gasteiger partial charge in [-0.1, -0.05) is 18.2 Å². The van der Waals surface area contributed by atoms with Gasteiger partial charge in [0.2, 0.25) is 10.0 Å². The van der Waals surface area contributed by atoms with Gasteiger partial charge in [-0.2, -0.15) is 5.10 Å². The van der Waals surface area contributed by atoms with Gasteiger partial charge in [-0.15, -0.1) is 0 Å². The fourth-order valence-corrected chi connectivity index (χ4v) is 4.08. The summed E-state index contributed by atoms with van der Waals surface area (Å²) in [7, 11) is -1.74. The van der Waals surface area contributed by atoms with Crippen molar-refractivity contribution in [2.45, 2.75) is 32.2 Å². The zero-order valence-electron chi connectivity index (χ0n) is 13.9. The lowest BCUT2D eigenvalue weighted by Gasteiger charge is -2.06. The summed E-state index contributed by atoms with van der Waals surface area (Å²) >= 11 is 0. The maximum atomic E-state index is 12.1. The number of nitrogens with zero attached hydrogens (tertiary/aromatic N) is 2. The van der Waals surface area contributed by atoms with Crippen molar-refractivity contribution >= 4 is 10.0 Å². The molecule has 0 saturated heterocycles. The summed E-state index contributed by atoms with van der Waals surface area (Å²) in [6.45, 7) is 0.691. The predicted molar refractivity (Wildman–Crippen MR) is 92.7 cm³/mol. The van der Waals surface area contributed by atoms with Crippen molar-refractivity contribution in [2.24, 2.45) is 0 Å². The molecule has 0 atom stereocenters. The molecule has 0 fully saturated rings. The predicted octanol–water partition coefficient (Wildman–Crippen LogP) is 1.82. The van der Waals surface area contributed by atoms with Crippen LogP contribution in [0.25, 0.3) is 5.69 Å². The lowest BCUT2D eigenvalue weighted by Crippen LogP contribution is -2.27. The van der Waals surface area contributed by atoms with Crippen molar-refractivity contribution in [2.75, 3.05) is 19.5 Å². The molecular formula is C17H23N3O3S. The zero-order chi connectivity index (χ0) is 17.0. The first kappa shape index (κ1) is 17.1. The molecule has 0 bridgehead atoms. The average molecular weight is 349 g/mol. The van der Waals surface area contributed by atoms with Crippen molar-refractivity contribution in [3.63, 3.8) is 0 Å². The molecule has 1 heterocycles. The third kappa shape index (κ3) is 3.85. The maximum Gasteiger partial charge on any atom is 0.212 e. The molecule has 0 spiro atoms. The zero-order valence-corrected chi connectivity index (χ0v) is 14.7. The van der Waals surface area contributed by atoms with E-state index in [1.807, 2.05) is 35.0 Å². The van der Waals surface area contributed by atoms with E-state index in [1.54, 1.807) is 7.11 Å². The molecule has 0 unspecified atom stereocenters. The average Bonchev–Trinajstić information content (AvgIpc) is 3.17. The number of ether oxygens (including phenoxy) is 1. The summed E-state index contributed by atoms with van der Waals surface area (Å²) in [5, 5.41) is 4.67. The second kappa shape index (κ2) is 7.46. The number of fused-ring (bicyclic) bond motifs is 1. The first-order valence-electron chi connectivity index (χ1n) is 8.22. The maximum absolute atomic E-state index is 12.1. The fourth-order valence-electron chi connectivity index (χ4n) is 3.08. The van der Waals surface area contributed by atoms with Crippen molar-refractivity contribution < 1.29 is 13.2 Å². The van der Waals surface area contributed by atoms with Crippen LogP contribution in [0.1, 0.15) is 29.8 Å². The van der Waals surface area contributed by atoms with Gasteiger partial charge >= 0.3 is 0 Å². The first-order chi connectivity index (χ1) is 11.6. The van der Waals surface area contributed by atoms with E-state index in [2.05, 4.69) is 9.82 Å². The molecule has 24 heavy (non-hydrogen) atoms. The molecular weight excluding hydrogens is 326 g/mol. The van der Waals surface area contributed by atoms with Crippen LogP contribution in [-0.4, -0.2) is 37.7 Å². The van der Waals surface area contributed by atoms with Gasteiger partial charge in [-0.3, -0.25) is 0 Å². The number of hydrogen-bond acceptors (Lipinski definition) is 4. The minimum atomic E-state index is -3.30. The van der Waals surface area contributed by atoms with E-state index < -0.39 is 10.0 Å². The molecule has 2 aromatic rings. The quantitative estimate of drug-likeness (QED) is 0.738. The highest BCUT2D eigenvalue weighted by atomic mass is 32.2. The Morgan fingerprint density at radius 3 is 2.79 bits per heavy atom. The Kier molecular flexibility index (Phi) is 5.33. The van der Waals surface area contributed by atoms with Crippen molar-refractivity contribution in [1.82, 2.24) is 14.5 Å². The summed E-state index contributed by atoms with van der Waals surface area (Å²) < 4.78 is 33.6. The summed E-state index contributed by atoms with van der Waals surface area (Å²) in [6, 6.07) is 9.98. The van der Waals surface area contributed by atoms with Crippen LogP contribution in [-0.2, 0) is 34.1 Å². The number of aromatic nitrogens is 2. The topological polar surface area (TPSA) is 73.2 Å². The van der Waals surface area contributed by atoms with Crippen LogP contribution >= 0.6 is 0 Å². The summed E-state index contributed by atoms with van der Waals surface area (Å²) in [4.78, 5) is 0. The van der Waals surface area contributed by atoms with Gasteiger partial charge in [0.15, 0.2) is 0 Å². The van der Waals surface area contributed by atoms with Gasteiger partial charge in [-0.05, 0) is 43.4 Å². The highest BCUT2D eigenvalue weighted by Gasteiger charge is 2.23. The van der Waals surface area contributed by atoms with Crippen molar-refractivity contribution in [3.05, 3.63) is 47.3 Å². The Morgan fingerprint density at radius 2 is 2.04 bits per heavy atom. The fraction of sp³-hybridized carbons (Fsp3) is 0.471. The Morgan fingerprint density at radius 1 is 1.25 bits per heavy atom. The second-order valence-electron chi connectivity index (χ2n) is 5.96. The molecule has 0 radical (unpaired) electrons. The van der Waals surface area contributed by atoms with E-state index in [0.29, 0.717) is 13.0 Å². The van der Waals surface area contributed by atoms with E-state index in [4.69, 9.17) is 4.74 Å². The normalized spacial score (nSPS) is 14.0. The van der Waals surface area contributed by atoms with E-state index in [0.717, 1.165) is 30.6 Å². The molecule has 3 rings (SSSR count). The highest BCUT2D eigenvalue weighted by molar-refractivity contribution is 7.89. The minimum Gasteiger partial charge on any atom is -0.385 e. The van der Waals surface area contributed by atoms with Crippen LogP contribution in [0, 0.1) is 0 Å². The van der Waals surface area contributed by atoms with Crippen molar-refractivity contribution in [1.29, 1.82) is 0 Å². The summed E-state index contributed by atoms with van der Waals surface area (Å²) in [5.74, 6) is 0.0718. The Balaban J connectivity index is 1.75. The molecule has 1 aromatic heterocycles. The number of hydrogen-bond donors (Lipinski definition) is 1. The third-order valence-electron chi connectivity index (χ3n) is 4.24. The summed E-state index contributed by atoms with van der Waals surface area (Å²) in [6.07, 6.45) is 3.52. The molecule has 130 valence electrons. The standard InChI is InChI=1S/C17H23N3O3S/c1-23-11-6-12-24(21,22)18-13-16-15-9-5-10-17(15)20(19-16)14-7-3-2-4-8-14/h2-4,7-8,18H,5-6,9-13H2,1H3. The molecule has 1 aliphatic rings. The Hall–Kier alpha value is -1.70. The molecule has 0 aliphatic heterocycles. The lowest BCUT2D eigenvalue weighted by molar-refractivity contribution is 0.199. The minimum absolute atomic E-state index is 0.0718. The molecule has 0 amide bonds. The van der Waals surface area contributed by atoms with Crippen LogP contribution in [0.2, 0.25) is 0 Å². The van der Waals surface area contributed by atoms with Gasteiger partial charge in [0, 0.05) is 19.4 Å². The van der Waals surface area contributed by atoms with Gasteiger partial charge in [0.25, 0.3) is 0 Å². The number of rotatable bonds is 8. The van der Waals surface area contributed by atoms with Crippen LogP contribution in [0.15, 0.2) is 30.3 Å². The number of sulfonamides is 1. The smallest absolute Gasteiger partial charge is 0.212 e. The number of para-hydroxylation sites is 1. The monoisotopic (exact) mass is 349 g/mol. The van der Waals surface area contributed by atoms with Crippen molar-refractivity contribution in [3.8, 4) is 5.69 Å². The van der Waals surface area contributed by atoms with E-state index >= 15 is 0 Å². The van der Waals surface area contributed by atoms with Gasteiger partial charge < -0.3 is 4.74 Å².